The number of unbranched alkanes of at least 4 members (excludes halogenated alkanes) is 1. The van der Waals surface area contributed by atoms with Crippen molar-refractivity contribution in [3.63, 3.8) is 0 Å². The minimum absolute atomic E-state index is 0.00615. The lowest BCUT2D eigenvalue weighted by molar-refractivity contribution is -0.141. The van der Waals surface area contributed by atoms with Gasteiger partial charge in [-0.1, -0.05) is 6.08 Å². The molecule has 1 heterocycles. The van der Waals surface area contributed by atoms with Crippen LogP contribution in [0.5, 0.6) is 0 Å². The van der Waals surface area contributed by atoms with Crippen molar-refractivity contribution in [1.29, 1.82) is 0 Å². The Morgan fingerprint density at radius 1 is 1.50 bits per heavy atom. The van der Waals surface area contributed by atoms with Gasteiger partial charge in [-0.3, -0.25) is 9.59 Å². The molecule has 1 aliphatic heterocycles. The van der Waals surface area contributed by atoms with E-state index in [1.165, 1.54) is 13.0 Å². The number of amides is 2. The Hall–Kier alpha value is -1.85. The van der Waals surface area contributed by atoms with Gasteiger partial charge in [0.05, 0.1) is 0 Å². The van der Waals surface area contributed by atoms with Crippen molar-refractivity contribution in [3.8, 4) is 0 Å². The minimum Gasteiger partial charge on any atom is -0.480 e. The van der Waals surface area contributed by atoms with E-state index in [9.17, 15) is 14.4 Å². The fourth-order valence-corrected chi connectivity index (χ4v) is 1.83. The van der Waals surface area contributed by atoms with Gasteiger partial charge in [-0.2, -0.15) is 0 Å². The molecule has 18 heavy (non-hydrogen) atoms. The van der Waals surface area contributed by atoms with Crippen LogP contribution in [0.4, 0.5) is 0 Å². The van der Waals surface area contributed by atoms with Gasteiger partial charge in [0.15, 0.2) is 0 Å². The van der Waals surface area contributed by atoms with E-state index >= 15 is 0 Å². The third-order valence-corrected chi connectivity index (χ3v) is 2.74. The highest BCUT2D eigenvalue weighted by Gasteiger charge is 2.18. The Labute approximate surface area is 106 Å². The molecule has 2 amide bonds. The molecule has 0 aromatic rings. The molecule has 0 spiro atoms. The normalized spacial score (nSPS) is 15.8. The molecule has 2 N–H and O–H groups in total. The summed E-state index contributed by atoms with van der Waals surface area (Å²) in [6, 6.07) is -0.838. The molecule has 0 saturated carbocycles. The van der Waals surface area contributed by atoms with E-state index in [0.29, 0.717) is 25.9 Å². The maximum atomic E-state index is 11.2. The number of rotatable bonds is 7. The number of aliphatic carboxylic acids is 1. The molecule has 100 valence electrons. The van der Waals surface area contributed by atoms with Gasteiger partial charge < -0.3 is 15.3 Å². The second-order valence-electron chi connectivity index (χ2n) is 4.27. The van der Waals surface area contributed by atoms with Crippen LogP contribution in [0, 0.1) is 0 Å². The number of carboxylic acids is 1. The number of carbonyl (C=O) groups excluding carboxylic acids is 2. The van der Waals surface area contributed by atoms with Gasteiger partial charge >= 0.3 is 5.97 Å². The van der Waals surface area contributed by atoms with Crippen molar-refractivity contribution in [1.82, 2.24) is 10.2 Å². The van der Waals surface area contributed by atoms with Crippen molar-refractivity contribution >= 4 is 17.8 Å². The number of carbonyl (C=O) groups is 3. The summed E-state index contributed by atoms with van der Waals surface area (Å²) in [6.07, 6.45) is 5.11. The molecule has 0 aromatic carbocycles. The van der Waals surface area contributed by atoms with Crippen LogP contribution in [-0.2, 0) is 14.4 Å². The third-order valence-electron chi connectivity index (χ3n) is 2.74. The Bertz CT molecular complexity index is 365. The van der Waals surface area contributed by atoms with Crippen LogP contribution >= 0.6 is 0 Å². The zero-order valence-electron chi connectivity index (χ0n) is 10.4. The first-order chi connectivity index (χ1) is 8.50. The lowest BCUT2D eigenvalue weighted by atomic mass is 10.1. The first-order valence-electron chi connectivity index (χ1n) is 5.96. The predicted molar refractivity (Wildman–Crippen MR) is 64.8 cm³/mol. The highest BCUT2D eigenvalue weighted by atomic mass is 16.4. The molecule has 0 bridgehead atoms. The number of nitrogens with one attached hydrogen (secondary N) is 1. The summed E-state index contributed by atoms with van der Waals surface area (Å²) in [4.78, 5) is 34.6. The molecule has 0 radical (unpaired) electrons. The highest BCUT2D eigenvalue weighted by molar-refractivity contribution is 5.89. The average molecular weight is 254 g/mol. The predicted octanol–water partition coefficient (Wildman–Crippen LogP) is 0.144. The second kappa shape index (κ2) is 6.78. The van der Waals surface area contributed by atoms with Crippen LogP contribution in [0.3, 0.4) is 0 Å². The van der Waals surface area contributed by atoms with E-state index < -0.39 is 12.0 Å². The number of nitrogens with zero attached hydrogens (tertiary/aromatic N) is 1. The Kier molecular flexibility index (Phi) is 5.35. The Morgan fingerprint density at radius 3 is 2.72 bits per heavy atom. The van der Waals surface area contributed by atoms with E-state index in [-0.39, 0.29) is 11.8 Å². The first kappa shape index (κ1) is 14.2. The summed E-state index contributed by atoms with van der Waals surface area (Å²) in [5, 5.41) is 11.3. The van der Waals surface area contributed by atoms with Gasteiger partial charge in [0.25, 0.3) is 0 Å². The van der Waals surface area contributed by atoms with Crippen molar-refractivity contribution in [2.24, 2.45) is 0 Å². The summed E-state index contributed by atoms with van der Waals surface area (Å²) in [6.45, 7) is 2.55. The van der Waals surface area contributed by atoms with E-state index in [4.69, 9.17) is 5.11 Å². The summed E-state index contributed by atoms with van der Waals surface area (Å²) >= 11 is 0. The molecular weight excluding hydrogens is 236 g/mol. The van der Waals surface area contributed by atoms with E-state index in [1.54, 1.807) is 11.0 Å². The van der Waals surface area contributed by atoms with Crippen LogP contribution in [0.2, 0.25) is 0 Å². The van der Waals surface area contributed by atoms with E-state index in [2.05, 4.69) is 5.32 Å². The standard InChI is InChI=1S/C12H18N2O4/c1-9(15)13-10(12(17)18)5-2-3-7-14-8-4-6-11(14)16/h4,6,10H,2-3,5,7-8H2,1H3,(H,13,15)(H,17,18). The fraction of sp³-hybridized carbons (Fsp3) is 0.583. The van der Waals surface area contributed by atoms with Crippen molar-refractivity contribution in [2.75, 3.05) is 13.1 Å². The van der Waals surface area contributed by atoms with Crippen LogP contribution in [0.25, 0.3) is 0 Å². The fourth-order valence-electron chi connectivity index (χ4n) is 1.83. The minimum atomic E-state index is -1.02. The van der Waals surface area contributed by atoms with Gasteiger partial charge in [0, 0.05) is 26.1 Å². The molecule has 6 heteroatoms. The van der Waals surface area contributed by atoms with Crippen molar-refractivity contribution < 1.29 is 19.5 Å². The Balaban J connectivity index is 2.20. The van der Waals surface area contributed by atoms with Crippen molar-refractivity contribution in [3.05, 3.63) is 12.2 Å². The Morgan fingerprint density at radius 2 is 2.22 bits per heavy atom. The van der Waals surface area contributed by atoms with Crippen LogP contribution < -0.4 is 5.32 Å². The summed E-state index contributed by atoms with van der Waals surface area (Å²) in [5.41, 5.74) is 0. The zero-order valence-corrected chi connectivity index (χ0v) is 10.4. The lowest BCUT2D eigenvalue weighted by Gasteiger charge is -2.16. The second-order valence-corrected chi connectivity index (χ2v) is 4.27. The monoisotopic (exact) mass is 254 g/mol. The van der Waals surface area contributed by atoms with Crippen LogP contribution in [0.1, 0.15) is 26.2 Å². The average Bonchev–Trinajstić information content (AvgIpc) is 2.68. The molecule has 0 aromatic heterocycles. The topological polar surface area (TPSA) is 86.7 Å². The third kappa shape index (κ3) is 4.57. The van der Waals surface area contributed by atoms with Gasteiger partial charge in [-0.25, -0.2) is 4.79 Å². The van der Waals surface area contributed by atoms with E-state index in [1.807, 2.05) is 0 Å². The van der Waals surface area contributed by atoms with E-state index in [0.717, 1.165) is 6.42 Å². The summed E-state index contributed by atoms with van der Waals surface area (Å²) < 4.78 is 0. The maximum absolute atomic E-state index is 11.2. The summed E-state index contributed by atoms with van der Waals surface area (Å²) in [5.74, 6) is -1.36. The summed E-state index contributed by atoms with van der Waals surface area (Å²) in [7, 11) is 0. The molecule has 6 nitrogen and oxygen atoms in total. The van der Waals surface area contributed by atoms with Gasteiger partial charge in [-0.05, 0) is 19.3 Å². The SMILES string of the molecule is CC(=O)NC(CCCCN1CC=CC1=O)C(=O)O. The smallest absolute Gasteiger partial charge is 0.326 e. The quantitative estimate of drug-likeness (QED) is 0.633. The maximum Gasteiger partial charge on any atom is 0.326 e. The number of hydrogen-bond acceptors (Lipinski definition) is 3. The molecule has 1 atom stereocenters. The largest absolute Gasteiger partial charge is 0.480 e. The number of carboxylic acid groups (broad SMARTS) is 1. The molecule has 1 rings (SSSR count). The number of hydrogen-bond donors (Lipinski definition) is 2. The molecule has 0 saturated heterocycles. The molecule has 1 unspecified atom stereocenters. The highest BCUT2D eigenvalue weighted by Crippen LogP contribution is 2.07. The van der Waals surface area contributed by atoms with Gasteiger partial charge in [-0.15, -0.1) is 0 Å². The zero-order chi connectivity index (χ0) is 13.5. The lowest BCUT2D eigenvalue weighted by Crippen LogP contribution is -2.39. The van der Waals surface area contributed by atoms with Crippen LogP contribution in [-0.4, -0.2) is 46.9 Å². The molecule has 1 aliphatic rings. The molecule has 0 fully saturated rings. The van der Waals surface area contributed by atoms with Gasteiger partial charge in [0.2, 0.25) is 11.8 Å². The molecular formula is C12H18N2O4. The van der Waals surface area contributed by atoms with Gasteiger partial charge in [0.1, 0.15) is 6.04 Å². The van der Waals surface area contributed by atoms with Crippen LogP contribution in [0.15, 0.2) is 12.2 Å². The first-order valence-corrected chi connectivity index (χ1v) is 5.96. The molecule has 0 aliphatic carbocycles. The van der Waals surface area contributed by atoms with Crippen molar-refractivity contribution in [2.45, 2.75) is 32.2 Å².